The summed E-state index contributed by atoms with van der Waals surface area (Å²) in [6.07, 6.45) is 7.25. The molecule has 1 aromatic heterocycles. The van der Waals surface area contributed by atoms with Gasteiger partial charge in [-0.1, -0.05) is 42.7 Å². The van der Waals surface area contributed by atoms with Crippen LogP contribution in [0.15, 0.2) is 30.4 Å². The average molecular weight is 664 g/mol. The minimum atomic E-state index is -4.11. The van der Waals surface area contributed by atoms with Crippen molar-refractivity contribution in [2.24, 2.45) is 11.7 Å². The van der Waals surface area contributed by atoms with Gasteiger partial charge in [0.1, 0.15) is 23.2 Å². The third kappa shape index (κ3) is 6.69. The molecule has 2 fully saturated rings. The fourth-order valence-corrected chi connectivity index (χ4v) is 6.96. The molecule has 2 aromatic rings. The summed E-state index contributed by atoms with van der Waals surface area (Å²) in [6.45, 7) is 4.06. The predicted molar refractivity (Wildman–Crippen MR) is 170 cm³/mol. The van der Waals surface area contributed by atoms with Gasteiger partial charge in [-0.05, 0) is 51.7 Å². The first kappa shape index (κ1) is 33.2. The zero-order chi connectivity index (χ0) is 32.7. The number of rotatable bonds is 6. The van der Waals surface area contributed by atoms with Crippen molar-refractivity contribution in [2.75, 3.05) is 20.6 Å². The Hall–Kier alpha value is -3.20. The van der Waals surface area contributed by atoms with Gasteiger partial charge in [-0.2, -0.15) is 17.7 Å². The second-order valence-electron chi connectivity index (χ2n) is 12.6. The zero-order valence-electron chi connectivity index (χ0n) is 26.0. The number of nitrogens with two attached hydrogens (primary N) is 1. The maximum Gasteiger partial charge on any atom is 0.303 e. The van der Waals surface area contributed by atoms with E-state index in [-0.39, 0.29) is 31.3 Å². The topological polar surface area (TPSA) is 169 Å². The standard InChI is InChI=1S/C30H42ClN7O6S/c1-18(2)38-23-14-10-12-21(31)25(23)33-29(38)44-20-15-24-26(39)34-30(28(41)35-45(42,43)36(3)4)16-19(30)11-8-6-5-7-9-13-22(32)27(40)37(24)17-20/h8,10-12,14,18-20,22,24H,5-7,9,13,15-17,32H2,1-4H3,(H,34,39)(H,35,41)/b11-8-/t19-,20-,22+,24+,30-/m1/s1. The molecule has 5 rings (SSSR count). The van der Waals surface area contributed by atoms with Gasteiger partial charge in [0, 0.05) is 32.5 Å². The number of nitrogens with one attached hydrogen (secondary N) is 2. The van der Waals surface area contributed by atoms with Crippen LogP contribution in [-0.2, 0) is 24.6 Å². The Morgan fingerprint density at radius 1 is 1.24 bits per heavy atom. The van der Waals surface area contributed by atoms with Gasteiger partial charge >= 0.3 is 10.2 Å². The van der Waals surface area contributed by atoms with Gasteiger partial charge in [-0.15, -0.1) is 0 Å². The van der Waals surface area contributed by atoms with E-state index in [0.717, 1.165) is 35.5 Å². The summed E-state index contributed by atoms with van der Waals surface area (Å²) < 4.78 is 36.3. The van der Waals surface area contributed by atoms with Crippen LogP contribution in [-0.4, -0.2) is 89.3 Å². The fourth-order valence-electron chi connectivity index (χ4n) is 6.15. The summed E-state index contributed by atoms with van der Waals surface area (Å²) in [4.78, 5) is 47.2. The van der Waals surface area contributed by atoms with Crippen LogP contribution in [0, 0.1) is 5.92 Å². The number of carbonyl (C=O) groups excluding carboxylic acids is 3. The number of aromatic nitrogens is 2. The van der Waals surface area contributed by atoms with E-state index in [1.807, 2.05) is 42.7 Å². The Morgan fingerprint density at radius 3 is 2.71 bits per heavy atom. The molecule has 13 nitrogen and oxygen atoms in total. The first-order valence-electron chi connectivity index (χ1n) is 15.4. The van der Waals surface area contributed by atoms with Crippen molar-refractivity contribution in [1.82, 2.24) is 28.8 Å². The van der Waals surface area contributed by atoms with Crippen molar-refractivity contribution in [3.05, 3.63) is 35.4 Å². The fraction of sp³-hybridized carbons (Fsp3) is 0.600. The molecule has 2 aliphatic heterocycles. The quantitative estimate of drug-likeness (QED) is 0.396. The van der Waals surface area contributed by atoms with Gasteiger partial charge < -0.3 is 20.7 Å². The number of halogens is 1. The number of carbonyl (C=O) groups is 3. The minimum Gasteiger partial charge on any atom is -0.459 e. The Morgan fingerprint density at radius 2 is 2.00 bits per heavy atom. The summed E-state index contributed by atoms with van der Waals surface area (Å²) in [5.74, 6) is -2.19. The Labute approximate surface area is 268 Å². The highest BCUT2D eigenvalue weighted by Gasteiger charge is 2.61. The van der Waals surface area contributed by atoms with Crippen LogP contribution in [0.1, 0.15) is 64.8 Å². The number of hydrogen-bond donors (Lipinski definition) is 3. The highest BCUT2D eigenvalue weighted by atomic mass is 35.5. The van der Waals surface area contributed by atoms with E-state index in [0.29, 0.717) is 23.0 Å². The number of para-hydroxylation sites is 1. The number of amides is 3. The van der Waals surface area contributed by atoms with Crippen LogP contribution in [0.3, 0.4) is 0 Å². The number of allylic oxidation sites excluding steroid dienone is 1. The van der Waals surface area contributed by atoms with E-state index >= 15 is 0 Å². The zero-order valence-corrected chi connectivity index (χ0v) is 27.6. The maximum absolute atomic E-state index is 14.0. The van der Waals surface area contributed by atoms with E-state index < -0.39 is 51.7 Å². The van der Waals surface area contributed by atoms with Crippen LogP contribution in [0.5, 0.6) is 6.01 Å². The highest BCUT2D eigenvalue weighted by molar-refractivity contribution is 7.87. The molecule has 1 saturated heterocycles. The predicted octanol–water partition coefficient (Wildman–Crippen LogP) is 2.26. The molecule has 3 heterocycles. The van der Waals surface area contributed by atoms with Crippen LogP contribution >= 0.6 is 11.6 Å². The van der Waals surface area contributed by atoms with E-state index in [2.05, 4.69) is 15.0 Å². The molecule has 5 atom stereocenters. The Bertz CT molecular complexity index is 1610. The number of ether oxygens (including phenoxy) is 1. The summed E-state index contributed by atoms with van der Waals surface area (Å²) >= 11 is 6.43. The normalized spacial score (nSPS) is 28.7. The number of nitrogens with zero attached hydrogens (tertiary/aromatic N) is 4. The molecule has 4 N–H and O–H groups in total. The van der Waals surface area contributed by atoms with Gasteiger partial charge in [0.2, 0.25) is 11.8 Å². The van der Waals surface area contributed by atoms with Crippen molar-refractivity contribution in [2.45, 2.75) is 88.6 Å². The number of fused-ring (bicyclic) bond motifs is 3. The number of benzene rings is 1. The molecule has 0 spiro atoms. The van der Waals surface area contributed by atoms with Crippen LogP contribution in [0.2, 0.25) is 5.02 Å². The molecule has 3 amide bonds. The van der Waals surface area contributed by atoms with Crippen molar-refractivity contribution in [3.8, 4) is 6.01 Å². The lowest BCUT2D eigenvalue weighted by Gasteiger charge is -2.28. The second kappa shape index (κ2) is 12.9. The molecule has 15 heteroatoms. The van der Waals surface area contributed by atoms with Gasteiger partial charge in [0.25, 0.3) is 11.9 Å². The first-order chi connectivity index (χ1) is 21.2. The molecular weight excluding hydrogens is 622 g/mol. The van der Waals surface area contributed by atoms with Gasteiger partial charge in [0.05, 0.1) is 23.1 Å². The molecule has 45 heavy (non-hydrogen) atoms. The largest absolute Gasteiger partial charge is 0.459 e. The lowest BCUT2D eigenvalue weighted by Crippen LogP contribution is -2.58. The van der Waals surface area contributed by atoms with Gasteiger partial charge in [-0.25, -0.2) is 4.72 Å². The summed E-state index contributed by atoms with van der Waals surface area (Å²) in [6, 6.07) is 3.96. The molecule has 0 bridgehead atoms. The first-order valence-corrected chi connectivity index (χ1v) is 17.2. The van der Waals surface area contributed by atoms with Crippen LogP contribution < -0.4 is 20.5 Å². The number of hydrogen-bond acceptors (Lipinski definition) is 8. The van der Waals surface area contributed by atoms with Gasteiger partial charge in [0.15, 0.2) is 0 Å². The second-order valence-corrected chi connectivity index (χ2v) is 14.9. The van der Waals surface area contributed by atoms with Crippen molar-refractivity contribution in [1.29, 1.82) is 0 Å². The highest BCUT2D eigenvalue weighted by Crippen LogP contribution is 2.46. The molecule has 1 aromatic carbocycles. The van der Waals surface area contributed by atoms with Crippen LogP contribution in [0.25, 0.3) is 11.0 Å². The third-order valence-corrected chi connectivity index (χ3v) is 10.5. The van der Waals surface area contributed by atoms with E-state index in [1.54, 1.807) is 6.07 Å². The van der Waals surface area contributed by atoms with E-state index in [4.69, 9.17) is 22.1 Å². The monoisotopic (exact) mass is 663 g/mol. The molecule has 0 unspecified atom stereocenters. The SMILES string of the molecule is CC(C)n1c(O[C@@H]2C[C@H]3C(=O)N[C@]4(C(=O)NS(=O)(=O)N(C)C)C[C@H]4/C=C\CCCCC[C@H](N)C(=O)N3C2)nc2c(Cl)cccc21. The smallest absolute Gasteiger partial charge is 0.303 e. The lowest BCUT2D eigenvalue weighted by molar-refractivity contribution is -0.140. The van der Waals surface area contributed by atoms with E-state index in [9.17, 15) is 22.8 Å². The molecule has 1 saturated carbocycles. The van der Waals surface area contributed by atoms with Crippen molar-refractivity contribution >= 4 is 50.6 Å². The number of imidazole rings is 1. The minimum absolute atomic E-state index is 0.0228. The summed E-state index contributed by atoms with van der Waals surface area (Å²) in [7, 11) is -1.50. The third-order valence-electron chi connectivity index (χ3n) is 8.82. The summed E-state index contributed by atoms with van der Waals surface area (Å²) in [5.41, 5.74) is 6.26. The van der Waals surface area contributed by atoms with Crippen molar-refractivity contribution in [3.63, 3.8) is 0 Å². The molecule has 246 valence electrons. The molecule has 3 aliphatic rings. The molecule has 1 aliphatic carbocycles. The maximum atomic E-state index is 14.0. The molecule has 0 radical (unpaired) electrons. The average Bonchev–Trinajstić information content (AvgIpc) is 3.30. The van der Waals surface area contributed by atoms with Crippen molar-refractivity contribution < 1.29 is 27.5 Å². The summed E-state index contributed by atoms with van der Waals surface area (Å²) in [5, 5.41) is 3.31. The molecular formula is C30H42ClN7O6S. The Kier molecular flexibility index (Phi) is 9.50. The van der Waals surface area contributed by atoms with Gasteiger partial charge in [-0.3, -0.25) is 19.0 Å². The Balaban J connectivity index is 1.45. The van der Waals surface area contributed by atoms with Crippen LogP contribution in [0.4, 0.5) is 0 Å². The lowest BCUT2D eigenvalue weighted by atomic mass is 10.1. The van der Waals surface area contributed by atoms with E-state index in [1.165, 1.54) is 19.0 Å².